The van der Waals surface area contributed by atoms with Crippen molar-refractivity contribution in [2.45, 2.75) is 25.1 Å². The van der Waals surface area contributed by atoms with Gasteiger partial charge in [-0.15, -0.1) is 0 Å². The standard InChI is InChI=1S/C11H11F3N2O2/c12-11(13,14)6-16(7-3-4-7)9-8(10(17)18)2-1-5-15-9/h1-2,5,7H,3-4,6H2,(H,17,18). The molecular formula is C11H11F3N2O2. The Hall–Kier alpha value is -1.79. The van der Waals surface area contributed by atoms with Gasteiger partial charge in [-0.05, 0) is 25.0 Å². The largest absolute Gasteiger partial charge is 0.478 e. The zero-order valence-corrected chi connectivity index (χ0v) is 9.31. The van der Waals surface area contributed by atoms with Crippen molar-refractivity contribution in [2.24, 2.45) is 0 Å². The molecule has 0 amide bonds. The van der Waals surface area contributed by atoms with E-state index in [0.29, 0.717) is 12.8 Å². The summed E-state index contributed by atoms with van der Waals surface area (Å²) >= 11 is 0. The molecule has 2 rings (SSSR count). The Labute approximate surface area is 101 Å². The molecule has 1 fully saturated rings. The molecule has 1 aromatic heterocycles. The summed E-state index contributed by atoms with van der Waals surface area (Å²) in [5.74, 6) is -1.38. The summed E-state index contributed by atoms with van der Waals surface area (Å²) in [5, 5.41) is 8.97. The number of nitrogens with zero attached hydrogens (tertiary/aromatic N) is 2. The fourth-order valence-electron chi connectivity index (χ4n) is 1.75. The second kappa shape index (κ2) is 4.47. The smallest absolute Gasteiger partial charge is 0.405 e. The van der Waals surface area contributed by atoms with Crippen LogP contribution in [0.15, 0.2) is 18.3 Å². The Kier molecular flexibility index (Phi) is 3.14. The molecule has 7 heteroatoms. The number of carboxylic acid groups (broad SMARTS) is 1. The van der Waals surface area contributed by atoms with Crippen LogP contribution in [0.25, 0.3) is 0 Å². The number of aromatic nitrogens is 1. The van der Waals surface area contributed by atoms with E-state index in [1.807, 2.05) is 0 Å². The second-order valence-corrected chi connectivity index (χ2v) is 4.15. The molecule has 1 aliphatic carbocycles. The molecule has 0 spiro atoms. The number of hydrogen-bond donors (Lipinski definition) is 1. The van der Waals surface area contributed by atoms with Crippen LogP contribution in [0, 0.1) is 0 Å². The predicted octanol–water partition coefficient (Wildman–Crippen LogP) is 2.31. The topological polar surface area (TPSA) is 53.4 Å². The quantitative estimate of drug-likeness (QED) is 0.902. The summed E-state index contributed by atoms with van der Waals surface area (Å²) < 4.78 is 37.5. The zero-order valence-electron chi connectivity index (χ0n) is 9.31. The van der Waals surface area contributed by atoms with Crippen molar-refractivity contribution >= 4 is 11.8 Å². The van der Waals surface area contributed by atoms with Gasteiger partial charge in [-0.25, -0.2) is 9.78 Å². The molecule has 1 saturated carbocycles. The number of carboxylic acids is 1. The maximum Gasteiger partial charge on any atom is 0.405 e. The second-order valence-electron chi connectivity index (χ2n) is 4.15. The SMILES string of the molecule is O=C(O)c1cccnc1N(CC(F)(F)F)C1CC1. The molecule has 0 bridgehead atoms. The van der Waals surface area contributed by atoms with Crippen molar-refractivity contribution in [1.29, 1.82) is 0 Å². The molecule has 18 heavy (non-hydrogen) atoms. The maximum atomic E-state index is 12.5. The summed E-state index contributed by atoms with van der Waals surface area (Å²) in [7, 11) is 0. The van der Waals surface area contributed by atoms with Crippen molar-refractivity contribution in [3.8, 4) is 0 Å². The third-order valence-electron chi connectivity index (χ3n) is 2.63. The third kappa shape index (κ3) is 2.91. The molecular weight excluding hydrogens is 249 g/mol. The van der Waals surface area contributed by atoms with Crippen molar-refractivity contribution in [3.63, 3.8) is 0 Å². The van der Waals surface area contributed by atoms with Gasteiger partial charge in [-0.3, -0.25) is 0 Å². The number of aromatic carboxylic acids is 1. The fourth-order valence-corrected chi connectivity index (χ4v) is 1.75. The third-order valence-corrected chi connectivity index (χ3v) is 2.63. The Morgan fingerprint density at radius 1 is 1.50 bits per heavy atom. The van der Waals surface area contributed by atoms with Gasteiger partial charge in [0.05, 0.1) is 0 Å². The van der Waals surface area contributed by atoms with Crippen LogP contribution < -0.4 is 4.90 Å². The van der Waals surface area contributed by atoms with Gasteiger partial charge in [0, 0.05) is 12.2 Å². The molecule has 0 unspecified atom stereocenters. The van der Waals surface area contributed by atoms with E-state index in [9.17, 15) is 18.0 Å². The lowest BCUT2D eigenvalue weighted by molar-refractivity contribution is -0.120. The normalized spacial score (nSPS) is 15.5. The molecule has 0 radical (unpaired) electrons. The number of halogens is 3. The van der Waals surface area contributed by atoms with E-state index in [-0.39, 0.29) is 17.4 Å². The number of anilines is 1. The Morgan fingerprint density at radius 2 is 2.17 bits per heavy atom. The first-order valence-electron chi connectivity index (χ1n) is 5.40. The first-order chi connectivity index (χ1) is 8.38. The van der Waals surface area contributed by atoms with Gasteiger partial charge < -0.3 is 10.0 Å². The molecule has 1 N–H and O–H groups in total. The van der Waals surface area contributed by atoms with Crippen molar-refractivity contribution in [3.05, 3.63) is 23.9 Å². The highest BCUT2D eigenvalue weighted by Gasteiger charge is 2.40. The van der Waals surface area contributed by atoms with E-state index in [1.54, 1.807) is 0 Å². The monoisotopic (exact) mass is 260 g/mol. The summed E-state index contributed by atoms with van der Waals surface area (Å²) in [6.45, 7) is -1.17. The molecule has 0 saturated heterocycles. The lowest BCUT2D eigenvalue weighted by Crippen LogP contribution is -2.37. The van der Waals surface area contributed by atoms with Gasteiger partial charge in [0.1, 0.15) is 17.9 Å². The average molecular weight is 260 g/mol. The van der Waals surface area contributed by atoms with Crippen molar-refractivity contribution in [2.75, 3.05) is 11.4 Å². The average Bonchev–Trinajstić information content (AvgIpc) is 3.08. The highest BCUT2D eigenvalue weighted by atomic mass is 19.4. The van der Waals surface area contributed by atoms with E-state index in [0.717, 1.165) is 4.90 Å². The first-order valence-corrected chi connectivity index (χ1v) is 5.40. The molecule has 1 aliphatic rings. The van der Waals surface area contributed by atoms with Crippen LogP contribution in [0.3, 0.4) is 0 Å². The lowest BCUT2D eigenvalue weighted by Gasteiger charge is -2.25. The van der Waals surface area contributed by atoms with Crippen LogP contribution >= 0.6 is 0 Å². The van der Waals surface area contributed by atoms with Crippen molar-refractivity contribution < 1.29 is 23.1 Å². The van der Waals surface area contributed by atoms with Crippen LogP contribution in [0.4, 0.5) is 19.0 Å². The number of rotatable bonds is 4. The number of carbonyl (C=O) groups is 1. The van der Waals surface area contributed by atoms with Gasteiger partial charge in [0.15, 0.2) is 0 Å². The van der Waals surface area contributed by atoms with Gasteiger partial charge in [0.25, 0.3) is 0 Å². The van der Waals surface area contributed by atoms with E-state index >= 15 is 0 Å². The summed E-state index contributed by atoms with van der Waals surface area (Å²) in [6.07, 6.45) is -1.82. The first kappa shape index (κ1) is 12.7. The molecule has 1 aromatic rings. The Morgan fingerprint density at radius 3 is 2.67 bits per heavy atom. The molecule has 4 nitrogen and oxygen atoms in total. The predicted molar refractivity (Wildman–Crippen MR) is 57.6 cm³/mol. The Bertz CT molecular complexity index is 458. The summed E-state index contributed by atoms with van der Waals surface area (Å²) in [6, 6.07) is 2.39. The highest BCUT2D eigenvalue weighted by molar-refractivity contribution is 5.93. The number of hydrogen-bond acceptors (Lipinski definition) is 3. The lowest BCUT2D eigenvalue weighted by atomic mass is 10.2. The van der Waals surface area contributed by atoms with Gasteiger partial charge in [0.2, 0.25) is 0 Å². The molecule has 0 aromatic carbocycles. The minimum atomic E-state index is -4.38. The van der Waals surface area contributed by atoms with E-state index < -0.39 is 18.7 Å². The van der Waals surface area contributed by atoms with Crippen LogP contribution in [0.1, 0.15) is 23.2 Å². The Balaban J connectivity index is 2.33. The summed E-state index contributed by atoms with van der Waals surface area (Å²) in [5.41, 5.74) is -0.200. The minimum absolute atomic E-state index is 0.107. The summed E-state index contributed by atoms with van der Waals surface area (Å²) in [4.78, 5) is 15.8. The fraction of sp³-hybridized carbons (Fsp3) is 0.455. The van der Waals surface area contributed by atoms with Crippen molar-refractivity contribution in [1.82, 2.24) is 4.98 Å². The maximum absolute atomic E-state index is 12.5. The number of alkyl halides is 3. The van der Waals surface area contributed by atoms with Crippen LogP contribution in [-0.4, -0.2) is 34.8 Å². The molecule has 1 heterocycles. The van der Waals surface area contributed by atoms with Gasteiger partial charge in [-0.1, -0.05) is 0 Å². The zero-order chi connectivity index (χ0) is 13.3. The van der Waals surface area contributed by atoms with Gasteiger partial charge >= 0.3 is 12.1 Å². The highest BCUT2D eigenvalue weighted by Crippen LogP contribution is 2.34. The van der Waals surface area contributed by atoms with Crippen LogP contribution in [0.5, 0.6) is 0 Å². The van der Waals surface area contributed by atoms with E-state index in [2.05, 4.69) is 4.98 Å². The van der Waals surface area contributed by atoms with E-state index in [1.165, 1.54) is 18.3 Å². The molecule has 0 atom stereocenters. The van der Waals surface area contributed by atoms with E-state index in [4.69, 9.17) is 5.11 Å². The van der Waals surface area contributed by atoms with Crippen LogP contribution in [0.2, 0.25) is 0 Å². The van der Waals surface area contributed by atoms with Crippen LogP contribution in [-0.2, 0) is 0 Å². The van der Waals surface area contributed by atoms with Gasteiger partial charge in [-0.2, -0.15) is 13.2 Å². The number of pyridine rings is 1. The minimum Gasteiger partial charge on any atom is -0.478 e. The molecule has 0 aliphatic heterocycles. The molecule has 98 valence electrons.